The van der Waals surface area contributed by atoms with Gasteiger partial charge in [0.25, 0.3) is 0 Å². The van der Waals surface area contributed by atoms with E-state index in [1.165, 1.54) is 18.5 Å². The Morgan fingerprint density at radius 1 is 1.42 bits per heavy atom. The Kier molecular flexibility index (Phi) is 3.99. The summed E-state index contributed by atoms with van der Waals surface area (Å²) in [6.45, 7) is 5.85. The highest BCUT2D eigenvalue weighted by molar-refractivity contribution is 5.45. The summed E-state index contributed by atoms with van der Waals surface area (Å²) in [5, 5.41) is 3.55. The lowest BCUT2D eigenvalue weighted by Crippen LogP contribution is -2.47. The Balaban J connectivity index is 1.56. The molecule has 4 heteroatoms. The van der Waals surface area contributed by atoms with Gasteiger partial charge in [0, 0.05) is 31.4 Å². The second-order valence-electron chi connectivity index (χ2n) is 5.48. The van der Waals surface area contributed by atoms with Gasteiger partial charge in [0.05, 0.1) is 24.6 Å². The number of aryl methyl sites for hydroxylation is 1. The first kappa shape index (κ1) is 12.9. The maximum atomic E-state index is 5.83. The molecular formula is C15H23N3O. The van der Waals surface area contributed by atoms with Gasteiger partial charge in [0.1, 0.15) is 0 Å². The molecule has 1 N–H and O–H groups in total. The fourth-order valence-corrected chi connectivity index (χ4v) is 2.48. The second kappa shape index (κ2) is 5.88. The molecule has 1 aliphatic heterocycles. The SMILES string of the molecule is CCc1ccc(N2CCO[C@H](CNC3CC3)C2)cn1. The van der Waals surface area contributed by atoms with Gasteiger partial charge in [-0.1, -0.05) is 6.92 Å². The van der Waals surface area contributed by atoms with E-state index in [0.29, 0.717) is 6.10 Å². The normalized spacial score (nSPS) is 23.6. The van der Waals surface area contributed by atoms with Crippen LogP contribution in [0.1, 0.15) is 25.5 Å². The summed E-state index contributed by atoms with van der Waals surface area (Å²) >= 11 is 0. The molecule has 0 spiro atoms. The number of anilines is 1. The Bertz CT molecular complexity index is 402. The molecule has 3 rings (SSSR count). The molecule has 4 nitrogen and oxygen atoms in total. The van der Waals surface area contributed by atoms with E-state index >= 15 is 0 Å². The standard InChI is InChI=1S/C15H23N3O/c1-2-12-5-6-14(9-16-12)18-7-8-19-15(11-18)10-17-13-3-4-13/h5-6,9,13,15,17H,2-4,7-8,10-11H2,1H3/t15-/m1/s1. The van der Waals surface area contributed by atoms with Crippen LogP contribution in [0, 0.1) is 0 Å². The van der Waals surface area contributed by atoms with E-state index in [9.17, 15) is 0 Å². The summed E-state index contributed by atoms with van der Waals surface area (Å²) in [5.74, 6) is 0. The van der Waals surface area contributed by atoms with E-state index in [1.807, 2.05) is 6.20 Å². The molecule has 0 bridgehead atoms. The molecule has 1 atom stereocenters. The van der Waals surface area contributed by atoms with Crippen molar-refractivity contribution in [3.8, 4) is 0 Å². The Morgan fingerprint density at radius 2 is 2.32 bits per heavy atom. The van der Waals surface area contributed by atoms with Crippen LogP contribution in [-0.2, 0) is 11.2 Å². The molecular weight excluding hydrogens is 238 g/mol. The van der Waals surface area contributed by atoms with Crippen molar-refractivity contribution >= 4 is 5.69 Å². The van der Waals surface area contributed by atoms with Gasteiger partial charge in [-0.05, 0) is 31.4 Å². The van der Waals surface area contributed by atoms with Gasteiger partial charge in [-0.25, -0.2) is 0 Å². The minimum Gasteiger partial charge on any atom is -0.373 e. The maximum absolute atomic E-state index is 5.83. The van der Waals surface area contributed by atoms with Crippen molar-refractivity contribution in [3.05, 3.63) is 24.0 Å². The van der Waals surface area contributed by atoms with Crippen LogP contribution in [0.5, 0.6) is 0 Å². The number of morpholine rings is 1. The molecule has 1 aliphatic carbocycles. The van der Waals surface area contributed by atoms with E-state index in [-0.39, 0.29) is 0 Å². The fourth-order valence-electron chi connectivity index (χ4n) is 2.48. The largest absolute Gasteiger partial charge is 0.373 e. The summed E-state index contributed by atoms with van der Waals surface area (Å²) in [7, 11) is 0. The topological polar surface area (TPSA) is 37.4 Å². The first-order chi connectivity index (χ1) is 9.35. The average Bonchev–Trinajstić information content (AvgIpc) is 3.30. The minimum absolute atomic E-state index is 0.306. The number of ether oxygens (including phenoxy) is 1. The molecule has 0 unspecified atom stereocenters. The van der Waals surface area contributed by atoms with E-state index in [4.69, 9.17) is 4.74 Å². The first-order valence-corrected chi connectivity index (χ1v) is 7.40. The number of hydrogen-bond acceptors (Lipinski definition) is 4. The summed E-state index contributed by atoms with van der Waals surface area (Å²) in [6, 6.07) is 5.06. The molecule has 2 aliphatic rings. The van der Waals surface area contributed by atoms with Gasteiger partial charge < -0.3 is 15.0 Å². The summed E-state index contributed by atoms with van der Waals surface area (Å²) < 4.78 is 5.83. The van der Waals surface area contributed by atoms with Gasteiger partial charge in [-0.3, -0.25) is 4.98 Å². The van der Waals surface area contributed by atoms with E-state index in [1.54, 1.807) is 0 Å². The zero-order valence-corrected chi connectivity index (χ0v) is 11.6. The number of hydrogen-bond donors (Lipinski definition) is 1. The molecule has 0 aromatic carbocycles. The molecule has 0 amide bonds. The fraction of sp³-hybridized carbons (Fsp3) is 0.667. The van der Waals surface area contributed by atoms with Crippen molar-refractivity contribution in [2.45, 2.75) is 38.3 Å². The van der Waals surface area contributed by atoms with Gasteiger partial charge in [0.2, 0.25) is 0 Å². The quantitative estimate of drug-likeness (QED) is 0.873. The third-order valence-corrected chi connectivity index (χ3v) is 3.89. The number of rotatable bonds is 5. The lowest BCUT2D eigenvalue weighted by atomic mass is 10.2. The highest BCUT2D eigenvalue weighted by Gasteiger charge is 2.25. The summed E-state index contributed by atoms with van der Waals surface area (Å²) in [6.07, 6.45) is 5.96. The number of nitrogens with one attached hydrogen (secondary N) is 1. The van der Waals surface area contributed by atoms with Crippen LogP contribution in [0.4, 0.5) is 5.69 Å². The molecule has 1 aromatic heterocycles. The monoisotopic (exact) mass is 261 g/mol. The zero-order valence-electron chi connectivity index (χ0n) is 11.6. The first-order valence-electron chi connectivity index (χ1n) is 7.40. The molecule has 1 saturated heterocycles. The van der Waals surface area contributed by atoms with Crippen LogP contribution < -0.4 is 10.2 Å². The van der Waals surface area contributed by atoms with Crippen molar-refractivity contribution in [2.75, 3.05) is 31.1 Å². The molecule has 1 aromatic rings. The summed E-state index contributed by atoms with van der Waals surface area (Å²) in [5.41, 5.74) is 2.38. The van der Waals surface area contributed by atoms with Crippen LogP contribution in [0.25, 0.3) is 0 Å². The van der Waals surface area contributed by atoms with Crippen molar-refractivity contribution in [1.29, 1.82) is 0 Å². The van der Waals surface area contributed by atoms with E-state index in [0.717, 1.165) is 44.4 Å². The average molecular weight is 261 g/mol. The predicted molar refractivity (Wildman–Crippen MR) is 76.6 cm³/mol. The lowest BCUT2D eigenvalue weighted by molar-refractivity contribution is 0.0407. The predicted octanol–water partition coefficient (Wildman–Crippen LogP) is 1.60. The number of aromatic nitrogens is 1. The van der Waals surface area contributed by atoms with Crippen LogP contribution in [0.2, 0.25) is 0 Å². The van der Waals surface area contributed by atoms with Crippen LogP contribution in [0.3, 0.4) is 0 Å². The van der Waals surface area contributed by atoms with Crippen LogP contribution in [-0.4, -0.2) is 43.4 Å². The molecule has 1 saturated carbocycles. The highest BCUT2D eigenvalue weighted by Crippen LogP contribution is 2.20. The number of nitrogens with zero attached hydrogens (tertiary/aromatic N) is 2. The number of pyridine rings is 1. The lowest BCUT2D eigenvalue weighted by Gasteiger charge is -2.34. The van der Waals surface area contributed by atoms with Crippen molar-refractivity contribution in [1.82, 2.24) is 10.3 Å². The zero-order chi connectivity index (χ0) is 13.1. The molecule has 19 heavy (non-hydrogen) atoms. The third kappa shape index (κ3) is 3.45. The van der Waals surface area contributed by atoms with Crippen LogP contribution >= 0.6 is 0 Å². The Labute approximate surface area is 115 Å². The van der Waals surface area contributed by atoms with E-state index < -0.39 is 0 Å². The highest BCUT2D eigenvalue weighted by atomic mass is 16.5. The molecule has 2 heterocycles. The summed E-state index contributed by atoms with van der Waals surface area (Å²) in [4.78, 5) is 6.87. The van der Waals surface area contributed by atoms with Gasteiger partial charge in [0.15, 0.2) is 0 Å². The minimum atomic E-state index is 0.306. The van der Waals surface area contributed by atoms with Crippen molar-refractivity contribution in [2.24, 2.45) is 0 Å². The maximum Gasteiger partial charge on any atom is 0.0874 e. The Hall–Kier alpha value is -1.13. The van der Waals surface area contributed by atoms with Gasteiger partial charge in [-0.2, -0.15) is 0 Å². The molecule has 2 fully saturated rings. The molecule has 104 valence electrons. The Morgan fingerprint density at radius 3 is 3.00 bits per heavy atom. The second-order valence-corrected chi connectivity index (χ2v) is 5.48. The van der Waals surface area contributed by atoms with Crippen molar-refractivity contribution in [3.63, 3.8) is 0 Å². The smallest absolute Gasteiger partial charge is 0.0874 e. The van der Waals surface area contributed by atoms with Gasteiger partial charge >= 0.3 is 0 Å². The third-order valence-electron chi connectivity index (χ3n) is 3.89. The van der Waals surface area contributed by atoms with Crippen molar-refractivity contribution < 1.29 is 4.74 Å². The van der Waals surface area contributed by atoms with E-state index in [2.05, 4.69) is 34.3 Å². The van der Waals surface area contributed by atoms with Crippen LogP contribution in [0.15, 0.2) is 18.3 Å². The van der Waals surface area contributed by atoms with Gasteiger partial charge in [-0.15, -0.1) is 0 Å². The molecule has 0 radical (unpaired) electrons.